The number of rotatable bonds is 2. The lowest BCUT2D eigenvalue weighted by atomic mass is 10.3. The van der Waals surface area contributed by atoms with E-state index in [1.807, 2.05) is 6.92 Å². The van der Waals surface area contributed by atoms with E-state index in [2.05, 4.69) is 0 Å². The quantitative estimate of drug-likeness (QED) is 0.772. The maximum Gasteiger partial charge on any atom is 0.205 e. The van der Waals surface area contributed by atoms with Crippen molar-refractivity contribution >= 4 is 9.84 Å². The summed E-state index contributed by atoms with van der Waals surface area (Å²) >= 11 is 0. The van der Waals surface area contributed by atoms with E-state index in [0.29, 0.717) is 16.2 Å². The van der Waals surface area contributed by atoms with Gasteiger partial charge in [-0.2, -0.15) is 0 Å². The summed E-state index contributed by atoms with van der Waals surface area (Å²) in [7, 11) is -3.34. The predicted octanol–water partition coefficient (Wildman–Crippen LogP) is 2.11. The Bertz CT molecular complexity index is 474. The lowest BCUT2D eigenvalue weighted by molar-refractivity contribution is 0.189. The molecule has 2 rings (SSSR count). The van der Waals surface area contributed by atoms with Crippen molar-refractivity contribution in [3.8, 4) is 0 Å². The van der Waals surface area contributed by atoms with Gasteiger partial charge in [0.15, 0.2) is 0 Å². The fraction of sp³-hybridized carbons (Fsp3) is 0.273. The Morgan fingerprint density at radius 1 is 1.27 bits per heavy atom. The van der Waals surface area contributed by atoms with Crippen LogP contribution in [0.2, 0.25) is 0 Å². The Hall–Kier alpha value is -1.29. The SMILES string of the molecule is CC1CC(S(=O)(=O)c2ccccc2)=CO1. The Morgan fingerprint density at radius 2 is 1.93 bits per heavy atom. The number of hydrogen-bond donors (Lipinski definition) is 0. The Labute approximate surface area is 89.3 Å². The smallest absolute Gasteiger partial charge is 0.205 e. The number of benzene rings is 1. The maximum atomic E-state index is 12.0. The fourth-order valence-corrected chi connectivity index (χ4v) is 2.95. The van der Waals surface area contributed by atoms with Crippen molar-refractivity contribution in [2.24, 2.45) is 0 Å². The average Bonchev–Trinajstić information content (AvgIpc) is 2.67. The zero-order chi connectivity index (χ0) is 10.9. The second kappa shape index (κ2) is 3.70. The Balaban J connectivity index is 2.37. The summed E-state index contributed by atoms with van der Waals surface area (Å²) in [5.41, 5.74) is 0. The highest BCUT2D eigenvalue weighted by Crippen LogP contribution is 2.27. The van der Waals surface area contributed by atoms with Gasteiger partial charge in [0, 0.05) is 6.42 Å². The largest absolute Gasteiger partial charge is 0.497 e. The van der Waals surface area contributed by atoms with Gasteiger partial charge < -0.3 is 4.74 Å². The molecular formula is C11H12O3S. The van der Waals surface area contributed by atoms with Crippen LogP contribution in [0.15, 0.2) is 46.4 Å². The lowest BCUT2D eigenvalue weighted by Crippen LogP contribution is -2.05. The lowest BCUT2D eigenvalue weighted by Gasteiger charge is -2.03. The predicted molar refractivity (Wildman–Crippen MR) is 56.9 cm³/mol. The van der Waals surface area contributed by atoms with Crippen molar-refractivity contribution in [2.75, 3.05) is 0 Å². The van der Waals surface area contributed by atoms with Crippen molar-refractivity contribution < 1.29 is 13.2 Å². The third-order valence-corrected chi connectivity index (χ3v) is 4.17. The molecule has 1 unspecified atom stereocenters. The van der Waals surface area contributed by atoms with Gasteiger partial charge in [-0.25, -0.2) is 8.42 Å². The van der Waals surface area contributed by atoms with Crippen molar-refractivity contribution in [1.29, 1.82) is 0 Å². The summed E-state index contributed by atoms with van der Waals surface area (Å²) in [6.07, 6.45) is 1.77. The van der Waals surface area contributed by atoms with Crippen molar-refractivity contribution in [3.63, 3.8) is 0 Å². The Morgan fingerprint density at radius 3 is 2.47 bits per heavy atom. The molecule has 1 aromatic carbocycles. The molecule has 0 amide bonds. The number of hydrogen-bond acceptors (Lipinski definition) is 3. The van der Waals surface area contributed by atoms with E-state index in [-0.39, 0.29) is 6.10 Å². The van der Waals surface area contributed by atoms with Crippen LogP contribution in [0.4, 0.5) is 0 Å². The molecule has 0 spiro atoms. The molecule has 1 aliphatic heterocycles. The van der Waals surface area contributed by atoms with E-state index in [9.17, 15) is 8.42 Å². The third kappa shape index (κ3) is 1.90. The molecule has 1 aliphatic rings. The molecule has 1 heterocycles. The molecule has 80 valence electrons. The van der Waals surface area contributed by atoms with Crippen molar-refractivity contribution in [2.45, 2.75) is 24.3 Å². The first-order valence-corrected chi connectivity index (χ1v) is 6.23. The van der Waals surface area contributed by atoms with E-state index in [0.717, 1.165) is 0 Å². The van der Waals surface area contributed by atoms with Gasteiger partial charge in [-0.1, -0.05) is 18.2 Å². The molecule has 3 nitrogen and oxygen atoms in total. The van der Waals surface area contributed by atoms with Crippen LogP contribution in [-0.2, 0) is 14.6 Å². The van der Waals surface area contributed by atoms with Crippen LogP contribution >= 0.6 is 0 Å². The second-order valence-electron chi connectivity index (χ2n) is 3.55. The first kappa shape index (κ1) is 10.2. The van der Waals surface area contributed by atoms with Gasteiger partial charge >= 0.3 is 0 Å². The summed E-state index contributed by atoms with van der Waals surface area (Å²) in [5, 5.41) is 0. The molecule has 15 heavy (non-hydrogen) atoms. The molecule has 1 atom stereocenters. The zero-order valence-electron chi connectivity index (χ0n) is 8.38. The molecule has 0 N–H and O–H groups in total. The minimum Gasteiger partial charge on any atom is -0.497 e. The van der Waals surface area contributed by atoms with Crippen LogP contribution in [0, 0.1) is 0 Å². The standard InChI is InChI=1S/C11H12O3S/c1-9-7-11(8-14-9)15(12,13)10-5-3-2-4-6-10/h2-6,8-9H,7H2,1H3. The van der Waals surface area contributed by atoms with Gasteiger partial charge in [0.2, 0.25) is 9.84 Å². The minimum absolute atomic E-state index is 0.0431. The second-order valence-corrected chi connectivity index (χ2v) is 5.55. The molecule has 0 aromatic heterocycles. The monoisotopic (exact) mass is 224 g/mol. The number of ether oxygens (including phenoxy) is 1. The van der Waals surface area contributed by atoms with Crippen LogP contribution in [0.25, 0.3) is 0 Å². The molecule has 0 bridgehead atoms. The highest BCUT2D eigenvalue weighted by molar-refractivity contribution is 7.95. The van der Waals surface area contributed by atoms with Crippen LogP contribution in [-0.4, -0.2) is 14.5 Å². The molecule has 0 radical (unpaired) electrons. The van der Waals surface area contributed by atoms with Gasteiger partial charge in [0.05, 0.1) is 22.2 Å². The molecule has 0 saturated carbocycles. The highest BCUT2D eigenvalue weighted by Gasteiger charge is 2.26. The van der Waals surface area contributed by atoms with Crippen molar-refractivity contribution in [1.82, 2.24) is 0 Å². The van der Waals surface area contributed by atoms with Gasteiger partial charge in [0.25, 0.3) is 0 Å². The van der Waals surface area contributed by atoms with Gasteiger partial charge in [-0.15, -0.1) is 0 Å². The molecule has 0 saturated heterocycles. The van der Waals surface area contributed by atoms with Crippen LogP contribution in [0.3, 0.4) is 0 Å². The summed E-state index contributed by atoms with van der Waals surface area (Å²) < 4.78 is 29.2. The van der Waals surface area contributed by atoms with Crippen LogP contribution in [0.5, 0.6) is 0 Å². The van der Waals surface area contributed by atoms with Crippen LogP contribution < -0.4 is 0 Å². The first-order chi connectivity index (χ1) is 7.10. The highest BCUT2D eigenvalue weighted by atomic mass is 32.2. The van der Waals surface area contributed by atoms with Crippen LogP contribution in [0.1, 0.15) is 13.3 Å². The normalized spacial score (nSPS) is 20.9. The molecule has 0 aliphatic carbocycles. The molecular weight excluding hydrogens is 212 g/mol. The summed E-state index contributed by atoms with van der Waals surface area (Å²) in [6.45, 7) is 1.85. The topological polar surface area (TPSA) is 43.4 Å². The van der Waals surface area contributed by atoms with E-state index in [4.69, 9.17) is 4.74 Å². The van der Waals surface area contributed by atoms with E-state index >= 15 is 0 Å². The minimum atomic E-state index is -3.34. The van der Waals surface area contributed by atoms with Gasteiger partial charge in [0.1, 0.15) is 0 Å². The van der Waals surface area contributed by atoms with Gasteiger partial charge in [-0.3, -0.25) is 0 Å². The fourth-order valence-electron chi connectivity index (χ4n) is 1.50. The summed E-state index contributed by atoms with van der Waals surface area (Å²) in [4.78, 5) is 0.690. The van der Waals surface area contributed by atoms with E-state index in [1.54, 1.807) is 30.3 Å². The summed E-state index contributed by atoms with van der Waals surface area (Å²) in [5.74, 6) is 0. The Kier molecular flexibility index (Phi) is 2.52. The zero-order valence-corrected chi connectivity index (χ0v) is 9.20. The first-order valence-electron chi connectivity index (χ1n) is 4.75. The average molecular weight is 224 g/mol. The van der Waals surface area contributed by atoms with E-state index in [1.165, 1.54) is 6.26 Å². The number of sulfone groups is 1. The molecule has 0 fully saturated rings. The maximum absolute atomic E-state index is 12.0. The summed E-state index contributed by atoms with van der Waals surface area (Å²) in [6, 6.07) is 8.42. The molecule has 1 aromatic rings. The molecule has 4 heteroatoms. The van der Waals surface area contributed by atoms with E-state index < -0.39 is 9.84 Å². The van der Waals surface area contributed by atoms with Gasteiger partial charge in [-0.05, 0) is 19.1 Å². The van der Waals surface area contributed by atoms with Crippen molar-refractivity contribution in [3.05, 3.63) is 41.5 Å². The third-order valence-electron chi connectivity index (χ3n) is 2.32.